The summed E-state index contributed by atoms with van der Waals surface area (Å²) >= 11 is 5.07. The molecule has 0 aliphatic carbocycles. The van der Waals surface area contributed by atoms with Crippen LogP contribution in [0.1, 0.15) is 17.3 Å². The quantitative estimate of drug-likeness (QED) is 0.654. The molecule has 7 heteroatoms. The molecule has 120 valence electrons. The smallest absolute Gasteiger partial charge is 0.338 e. The highest BCUT2D eigenvalue weighted by atomic mass is 32.1. The number of halogens is 2. The van der Waals surface area contributed by atoms with Crippen LogP contribution in [0.3, 0.4) is 0 Å². The van der Waals surface area contributed by atoms with Gasteiger partial charge in [-0.05, 0) is 55.5 Å². The number of benzene rings is 2. The Kier molecular flexibility index (Phi) is 5.59. The molecule has 0 aliphatic rings. The van der Waals surface area contributed by atoms with E-state index in [0.717, 1.165) is 18.2 Å². The molecule has 0 radical (unpaired) electrons. The maximum atomic E-state index is 13.1. The monoisotopic (exact) mass is 336 g/mol. The van der Waals surface area contributed by atoms with Crippen LogP contribution in [0.15, 0.2) is 42.5 Å². The van der Waals surface area contributed by atoms with Gasteiger partial charge in [-0.1, -0.05) is 0 Å². The number of esters is 1. The second-order valence-corrected chi connectivity index (χ2v) is 4.94. The van der Waals surface area contributed by atoms with Crippen LogP contribution in [0, 0.1) is 11.6 Å². The summed E-state index contributed by atoms with van der Waals surface area (Å²) in [4.78, 5) is 11.5. The van der Waals surface area contributed by atoms with Crippen molar-refractivity contribution in [3.05, 3.63) is 59.7 Å². The minimum absolute atomic E-state index is 0.166. The third-order valence-electron chi connectivity index (χ3n) is 2.77. The number of carbonyl (C=O) groups excluding carboxylic acids is 1. The standard InChI is InChI=1S/C16H14F2N2O2S/c1-2-22-15(21)10-3-5-13(6-4-10)19-16(23)20-14-8-11(17)7-12(18)9-14/h3-9H,2H2,1H3,(H2,19,20,23). The number of carbonyl (C=O) groups is 1. The zero-order chi connectivity index (χ0) is 16.8. The number of ether oxygens (including phenoxy) is 1. The zero-order valence-corrected chi connectivity index (χ0v) is 13.0. The summed E-state index contributed by atoms with van der Waals surface area (Å²) in [6.07, 6.45) is 0. The Morgan fingerprint density at radius 1 is 1.04 bits per heavy atom. The van der Waals surface area contributed by atoms with E-state index in [-0.39, 0.29) is 10.8 Å². The summed E-state index contributed by atoms with van der Waals surface area (Å²) in [5.74, 6) is -1.81. The molecular formula is C16H14F2N2O2S. The highest BCUT2D eigenvalue weighted by Gasteiger charge is 2.07. The first kappa shape index (κ1) is 16.8. The first-order chi connectivity index (χ1) is 11.0. The fraction of sp³-hybridized carbons (Fsp3) is 0.125. The first-order valence-electron chi connectivity index (χ1n) is 6.79. The summed E-state index contributed by atoms with van der Waals surface area (Å²) < 4.78 is 31.1. The third kappa shape index (κ3) is 5.00. The van der Waals surface area contributed by atoms with Gasteiger partial charge in [0.25, 0.3) is 0 Å². The van der Waals surface area contributed by atoms with E-state index in [9.17, 15) is 13.6 Å². The molecule has 2 N–H and O–H groups in total. The summed E-state index contributed by atoms with van der Waals surface area (Å²) in [6.45, 7) is 2.03. The Morgan fingerprint density at radius 3 is 2.17 bits per heavy atom. The summed E-state index contributed by atoms with van der Waals surface area (Å²) in [5, 5.41) is 5.69. The van der Waals surface area contributed by atoms with Gasteiger partial charge in [-0.3, -0.25) is 0 Å². The number of hydrogen-bond acceptors (Lipinski definition) is 3. The van der Waals surface area contributed by atoms with Crippen LogP contribution >= 0.6 is 12.2 Å². The van der Waals surface area contributed by atoms with Crippen molar-refractivity contribution in [2.75, 3.05) is 17.2 Å². The van der Waals surface area contributed by atoms with E-state index in [1.54, 1.807) is 31.2 Å². The fourth-order valence-electron chi connectivity index (χ4n) is 1.82. The van der Waals surface area contributed by atoms with Crippen molar-refractivity contribution in [2.45, 2.75) is 6.92 Å². The lowest BCUT2D eigenvalue weighted by Gasteiger charge is -2.11. The number of anilines is 2. The molecule has 4 nitrogen and oxygen atoms in total. The minimum atomic E-state index is -0.700. The molecule has 0 saturated carbocycles. The van der Waals surface area contributed by atoms with Crippen molar-refractivity contribution in [3.8, 4) is 0 Å². The predicted molar refractivity (Wildman–Crippen MR) is 88.6 cm³/mol. The molecule has 0 bridgehead atoms. The second kappa shape index (κ2) is 7.64. The highest BCUT2D eigenvalue weighted by molar-refractivity contribution is 7.80. The Hall–Kier alpha value is -2.54. The lowest BCUT2D eigenvalue weighted by atomic mass is 10.2. The highest BCUT2D eigenvalue weighted by Crippen LogP contribution is 2.15. The normalized spacial score (nSPS) is 10.0. The maximum Gasteiger partial charge on any atom is 0.338 e. The molecule has 2 aromatic rings. The van der Waals surface area contributed by atoms with Crippen molar-refractivity contribution < 1.29 is 18.3 Å². The van der Waals surface area contributed by atoms with Crippen LogP contribution in [0.2, 0.25) is 0 Å². The molecule has 0 spiro atoms. The molecule has 2 rings (SSSR count). The number of rotatable bonds is 4. The van der Waals surface area contributed by atoms with E-state index >= 15 is 0 Å². The summed E-state index contributed by atoms with van der Waals surface area (Å²) in [6, 6.07) is 9.49. The molecule has 0 saturated heterocycles. The van der Waals surface area contributed by atoms with E-state index in [4.69, 9.17) is 17.0 Å². The predicted octanol–water partition coefficient (Wildman–Crippen LogP) is 3.95. The lowest BCUT2D eigenvalue weighted by Crippen LogP contribution is -2.19. The molecule has 0 heterocycles. The van der Waals surface area contributed by atoms with Crippen molar-refractivity contribution >= 4 is 34.7 Å². The Balaban J connectivity index is 1.98. The van der Waals surface area contributed by atoms with Crippen molar-refractivity contribution in [2.24, 2.45) is 0 Å². The average Bonchev–Trinajstić information content (AvgIpc) is 2.47. The van der Waals surface area contributed by atoms with Gasteiger partial charge in [0.1, 0.15) is 11.6 Å². The maximum absolute atomic E-state index is 13.1. The van der Waals surface area contributed by atoms with Gasteiger partial charge in [0.2, 0.25) is 0 Å². The Bertz CT molecular complexity index is 700. The number of thiocarbonyl (C=S) groups is 1. The van der Waals surface area contributed by atoms with Gasteiger partial charge in [-0.25, -0.2) is 13.6 Å². The van der Waals surface area contributed by atoms with Gasteiger partial charge in [-0.2, -0.15) is 0 Å². The Morgan fingerprint density at radius 2 is 1.61 bits per heavy atom. The first-order valence-corrected chi connectivity index (χ1v) is 7.20. The molecule has 0 aromatic heterocycles. The molecule has 2 aromatic carbocycles. The van der Waals surface area contributed by atoms with Gasteiger partial charge >= 0.3 is 5.97 Å². The SMILES string of the molecule is CCOC(=O)c1ccc(NC(=S)Nc2cc(F)cc(F)c2)cc1. The summed E-state index contributed by atoms with van der Waals surface area (Å²) in [5.41, 5.74) is 1.24. The van der Waals surface area contributed by atoms with Crippen molar-refractivity contribution in [1.82, 2.24) is 0 Å². The van der Waals surface area contributed by atoms with E-state index in [2.05, 4.69) is 10.6 Å². The van der Waals surface area contributed by atoms with Gasteiger partial charge in [0.05, 0.1) is 12.2 Å². The van der Waals surface area contributed by atoms with Crippen LogP contribution in [-0.2, 0) is 4.74 Å². The van der Waals surface area contributed by atoms with Crippen LogP contribution in [0.25, 0.3) is 0 Å². The largest absolute Gasteiger partial charge is 0.462 e. The molecular weight excluding hydrogens is 322 g/mol. The minimum Gasteiger partial charge on any atom is -0.462 e. The van der Waals surface area contributed by atoms with Crippen molar-refractivity contribution in [3.63, 3.8) is 0 Å². The fourth-order valence-corrected chi connectivity index (χ4v) is 2.06. The van der Waals surface area contributed by atoms with Gasteiger partial charge in [-0.15, -0.1) is 0 Å². The van der Waals surface area contributed by atoms with Crippen LogP contribution in [0.5, 0.6) is 0 Å². The lowest BCUT2D eigenvalue weighted by molar-refractivity contribution is 0.0526. The molecule has 0 fully saturated rings. The van der Waals surface area contributed by atoms with E-state index in [1.165, 1.54) is 0 Å². The van der Waals surface area contributed by atoms with Gasteiger partial charge < -0.3 is 15.4 Å². The molecule has 0 aliphatic heterocycles. The number of nitrogens with one attached hydrogen (secondary N) is 2. The van der Waals surface area contributed by atoms with Gasteiger partial charge in [0, 0.05) is 17.4 Å². The molecule has 0 atom stereocenters. The third-order valence-corrected chi connectivity index (χ3v) is 2.98. The van der Waals surface area contributed by atoms with E-state index in [1.807, 2.05) is 0 Å². The molecule has 0 amide bonds. The van der Waals surface area contributed by atoms with E-state index < -0.39 is 17.6 Å². The number of hydrogen-bond donors (Lipinski definition) is 2. The summed E-state index contributed by atoms with van der Waals surface area (Å²) in [7, 11) is 0. The zero-order valence-electron chi connectivity index (χ0n) is 12.2. The second-order valence-electron chi connectivity index (χ2n) is 4.54. The molecule has 23 heavy (non-hydrogen) atoms. The van der Waals surface area contributed by atoms with E-state index in [0.29, 0.717) is 17.9 Å². The van der Waals surface area contributed by atoms with Gasteiger partial charge in [0.15, 0.2) is 5.11 Å². The topological polar surface area (TPSA) is 50.4 Å². The van der Waals surface area contributed by atoms with Crippen LogP contribution in [0.4, 0.5) is 20.2 Å². The van der Waals surface area contributed by atoms with Crippen LogP contribution in [-0.4, -0.2) is 17.7 Å². The Labute approximate surface area is 137 Å². The molecule has 0 unspecified atom stereocenters. The average molecular weight is 336 g/mol. The van der Waals surface area contributed by atoms with Crippen LogP contribution < -0.4 is 10.6 Å². The van der Waals surface area contributed by atoms with Crippen molar-refractivity contribution in [1.29, 1.82) is 0 Å².